The van der Waals surface area contributed by atoms with E-state index in [4.69, 9.17) is 0 Å². The third-order valence-electron chi connectivity index (χ3n) is 7.85. The van der Waals surface area contributed by atoms with E-state index in [0.29, 0.717) is 38.4 Å². The monoisotopic (exact) mass is 447 g/mol. The zero-order valence-electron chi connectivity index (χ0n) is 19.3. The van der Waals surface area contributed by atoms with Gasteiger partial charge in [-0.25, -0.2) is 4.79 Å². The van der Waals surface area contributed by atoms with Crippen molar-refractivity contribution in [1.82, 2.24) is 14.7 Å². The zero-order chi connectivity index (χ0) is 23.0. The predicted octanol–water partition coefficient (Wildman–Crippen LogP) is 4.48. The smallest absolute Gasteiger partial charge is 0.407 e. The van der Waals surface area contributed by atoms with Gasteiger partial charge in [0, 0.05) is 19.6 Å². The fourth-order valence-electron chi connectivity index (χ4n) is 5.69. The highest BCUT2D eigenvalue weighted by Gasteiger charge is 2.57. The number of hydrogen-bond donors (Lipinski definition) is 1. The summed E-state index contributed by atoms with van der Waals surface area (Å²) in [5.41, 5.74) is 3.20. The molecule has 1 unspecified atom stereocenters. The second-order valence-corrected chi connectivity index (χ2v) is 9.81. The van der Waals surface area contributed by atoms with Crippen LogP contribution in [0.25, 0.3) is 0 Å². The minimum atomic E-state index is -0.898. The Morgan fingerprint density at radius 1 is 1.00 bits per heavy atom. The van der Waals surface area contributed by atoms with Crippen LogP contribution in [0.2, 0.25) is 0 Å². The van der Waals surface area contributed by atoms with Crippen LogP contribution in [0, 0.1) is 0 Å². The van der Waals surface area contributed by atoms with Crippen molar-refractivity contribution >= 4 is 12.0 Å². The molecule has 0 aromatic heterocycles. The normalized spacial score (nSPS) is 22.8. The van der Waals surface area contributed by atoms with Gasteiger partial charge in [-0.15, -0.1) is 0 Å². The van der Waals surface area contributed by atoms with E-state index in [1.165, 1.54) is 28.9 Å². The topological polar surface area (TPSA) is 64.1 Å². The lowest BCUT2D eigenvalue weighted by atomic mass is 9.86. The summed E-state index contributed by atoms with van der Waals surface area (Å²) in [4.78, 5) is 31.1. The molecule has 5 rings (SSSR count). The maximum Gasteiger partial charge on any atom is 0.407 e. The summed E-state index contributed by atoms with van der Waals surface area (Å²) < 4.78 is 0. The van der Waals surface area contributed by atoms with Crippen molar-refractivity contribution in [2.24, 2.45) is 0 Å². The van der Waals surface area contributed by atoms with Crippen molar-refractivity contribution in [3.63, 3.8) is 0 Å². The average molecular weight is 448 g/mol. The van der Waals surface area contributed by atoms with Crippen LogP contribution in [-0.4, -0.2) is 64.0 Å². The number of rotatable bonds is 6. The molecule has 3 fully saturated rings. The van der Waals surface area contributed by atoms with Crippen molar-refractivity contribution in [2.75, 3.05) is 26.7 Å². The van der Waals surface area contributed by atoms with Crippen LogP contribution >= 0.6 is 0 Å². The lowest BCUT2D eigenvalue weighted by molar-refractivity contribution is -0.135. The van der Waals surface area contributed by atoms with Crippen LogP contribution in [0.4, 0.5) is 4.79 Å². The average Bonchev–Trinajstić information content (AvgIpc) is 3.67. The first kappa shape index (κ1) is 22.0. The summed E-state index contributed by atoms with van der Waals surface area (Å²) >= 11 is 0. The Morgan fingerprint density at radius 2 is 1.64 bits per heavy atom. The number of aryl methyl sites for hydroxylation is 1. The molecule has 1 N–H and O–H groups in total. The molecule has 2 amide bonds. The Hall–Kier alpha value is -2.86. The van der Waals surface area contributed by atoms with Crippen molar-refractivity contribution in [3.8, 4) is 0 Å². The fraction of sp³-hybridized carbons (Fsp3) is 0.481. The molecular weight excluding hydrogens is 414 g/mol. The highest BCUT2D eigenvalue weighted by molar-refractivity contribution is 5.89. The van der Waals surface area contributed by atoms with Crippen LogP contribution in [-0.2, 0) is 11.2 Å². The largest absolute Gasteiger partial charge is 0.465 e. The molecule has 6 nitrogen and oxygen atoms in total. The number of nitrogens with zero attached hydrogens (tertiary/aromatic N) is 3. The van der Waals surface area contributed by atoms with E-state index in [1.807, 2.05) is 18.0 Å². The number of likely N-dealkylation sites (tertiary alicyclic amines) is 1. The summed E-state index contributed by atoms with van der Waals surface area (Å²) in [7, 11) is 2.05. The van der Waals surface area contributed by atoms with Crippen LogP contribution in [0.3, 0.4) is 0 Å². The lowest BCUT2D eigenvalue weighted by Gasteiger charge is -2.41. The maximum atomic E-state index is 13.9. The molecule has 174 valence electrons. The second kappa shape index (κ2) is 8.82. The number of amides is 2. The standard InChI is InChI=1S/C27H33N3O3/c1-28-24(23-13-11-22(12-14-23)21-9-10-21)30(17-5-8-20-6-3-2-4-7-20)25(31)27(28)15-18-29(19-16-27)26(32)33/h2-4,6-7,11-14,21,24H,5,8-10,15-19H2,1H3,(H,32,33). The van der Waals surface area contributed by atoms with Gasteiger partial charge >= 0.3 is 6.09 Å². The van der Waals surface area contributed by atoms with E-state index in [0.717, 1.165) is 18.4 Å². The van der Waals surface area contributed by atoms with Crippen molar-refractivity contribution in [2.45, 2.75) is 56.1 Å². The van der Waals surface area contributed by atoms with Gasteiger partial charge in [0.2, 0.25) is 5.91 Å². The molecular formula is C27H33N3O3. The zero-order valence-corrected chi connectivity index (χ0v) is 19.3. The Balaban J connectivity index is 1.39. The predicted molar refractivity (Wildman–Crippen MR) is 127 cm³/mol. The van der Waals surface area contributed by atoms with Crippen LogP contribution < -0.4 is 0 Å². The molecule has 2 aromatic carbocycles. The first-order chi connectivity index (χ1) is 16.0. The van der Waals surface area contributed by atoms with Crippen molar-refractivity contribution in [1.29, 1.82) is 0 Å². The Kier molecular flexibility index (Phi) is 5.87. The molecule has 6 heteroatoms. The SMILES string of the molecule is CN1C(c2ccc(C3CC3)cc2)N(CCCc2ccccc2)C(=O)C12CCN(C(=O)O)CC2. The summed E-state index contributed by atoms with van der Waals surface area (Å²) in [6, 6.07) is 19.2. The van der Waals surface area contributed by atoms with Crippen molar-refractivity contribution < 1.29 is 14.7 Å². The van der Waals surface area contributed by atoms with Gasteiger partial charge in [-0.3, -0.25) is 9.69 Å². The van der Waals surface area contributed by atoms with Gasteiger partial charge < -0.3 is 14.9 Å². The fourth-order valence-corrected chi connectivity index (χ4v) is 5.69. The van der Waals surface area contributed by atoms with Crippen molar-refractivity contribution in [3.05, 3.63) is 71.3 Å². The van der Waals surface area contributed by atoms with Gasteiger partial charge in [0.05, 0.1) is 0 Å². The Morgan fingerprint density at radius 3 is 2.24 bits per heavy atom. The van der Waals surface area contributed by atoms with Gasteiger partial charge in [0.25, 0.3) is 0 Å². The van der Waals surface area contributed by atoms with Crippen LogP contribution in [0.15, 0.2) is 54.6 Å². The molecule has 2 aromatic rings. The third kappa shape index (κ3) is 4.12. The van der Waals surface area contributed by atoms with E-state index < -0.39 is 11.6 Å². The van der Waals surface area contributed by atoms with Gasteiger partial charge in [-0.1, -0.05) is 54.6 Å². The highest BCUT2D eigenvalue weighted by Crippen LogP contribution is 2.46. The number of carboxylic acid groups (broad SMARTS) is 1. The lowest BCUT2D eigenvalue weighted by Crippen LogP contribution is -2.56. The summed E-state index contributed by atoms with van der Waals surface area (Å²) in [6.45, 7) is 1.49. The molecule has 0 radical (unpaired) electrons. The molecule has 1 aliphatic carbocycles. The number of carbonyl (C=O) groups excluding carboxylic acids is 1. The molecule has 2 aliphatic heterocycles. The molecule has 2 heterocycles. The minimum absolute atomic E-state index is 0.113. The molecule has 3 aliphatic rings. The van der Waals surface area contributed by atoms with E-state index >= 15 is 0 Å². The Bertz CT molecular complexity index is 995. The van der Waals surface area contributed by atoms with Crippen LogP contribution in [0.1, 0.15) is 60.9 Å². The van der Waals surface area contributed by atoms with Gasteiger partial charge in [-0.2, -0.15) is 0 Å². The number of benzene rings is 2. The minimum Gasteiger partial charge on any atom is -0.465 e. The highest BCUT2D eigenvalue weighted by atomic mass is 16.4. The number of carbonyl (C=O) groups is 2. The van der Waals surface area contributed by atoms with E-state index in [9.17, 15) is 14.7 Å². The molecule has 1 spiro atoms. The van der Waals surface area contributed by atoms with E-state index in [1.54, 1.807) is 0 Å². The van der Waals surface area contributed by atoms with E-state index in [2.05, 4.69) is 53.4 Å². The Labute approximate surface area is 195 Å². The first-order valence-electron chi connectivity index (χ1n) is 12.2. The van der Waals surface area contributed by atoms with Crippen LogP contribution in [0.5, 0.6) is 0 Å². The summed E-state index contributed by atoms with van der Waals surface area (Å²) in [5, 5.41) is 9.40. The summed E-state index contributed by atoms with van der Waals surface area (Å²) in [6.07, 6.45) is 4.45. The second-order valence-electron chi connectivity index (χ2n) is 9.81. The molecule has 0 bridgehead atoms. The quantitative estimate of drug-likeness (QED) is 0.709. The molecule has 1 atom stereocenters. The molecule has 2 saturated heterocycles. The van der Waals surface area contributed by atoms with E-state index in [-0.39, 0.29) is 12.1 Å². The van der Waals surface area contributed by atoms with Gasteiger partial charge in [-0.05, 0) is 68.2 Å². The third-order valence-corrected chi connectivity index (χ3v) is 7.85. The molecule has 1 saturated carbocycles. The van der Waals surface area contributed by atoms with Gasteiger partial charge in [0.1, 0.15) is 11.7 Å². The molecule has 33 heavy (non-hydrogen) atoms. The number of likely N-dealkylation sites (N-methyl/N-ethyl adjacent to an activating group) is 1. The number of piperidine rings is 1. The summed E-state index contributed by atoms with van der Waals surface area (Å²) in [5.74, 6) is 0.857. The van der Waals surface area contributed by atoms with Gasteiger partial charge in [0.15, 0.2) is 0 Å². The number of hydrogen-bond acceptors (Lipinski definition) is 3. The first-order valence-corrected chi connectivity index (χ1v) is 12.2. The maximum absolute atomic E-state index is 13.9.